The molecule has 12 aromatic rings. The van der Waals surface area contributed by atoms with Crippen LogP contribution in [0.15, 0.2) is 194 Å². The van der Waals surface area contributed by atoms with Crippen LogP contribution in [0.25, 0.3) is 110 Å². The van der Waals surface area contributed by atoms with E-state index in [1.54, 1.807) is 0 Å². The lowest BCUT2D eigenvalue weighted by atomic mass is 9.82. The summed E-state index contributed by atoms with van der Waals surface area (Å²) in [5, 5.41) is 10.2. The smallest absolute Gasteiger partial charge is 0.0541 e. The number of aromatic nitrogens is 2. The molecule has 2 heteroatoms. The minimum atomic E-state index is -0.0728. The van der Waals surface area contributed by atoms with Crippen LogP contribution < -0.4 is 0 Å². The molecule has 0 unspecified atom stereocenters. The first-order valence-corrected chi connectivity index (χ1v) is 22.7. The van der Waals surface area contributed by atoms with E-state index in [9.17, 15) is 0 Å². The molecule has 0 amide bonds. The van der Waals surface area contributed by atoms with Gasteiger partial charge in [-0.2, -0.15) is 0 Å². The minimum Gasteiger partial charge on any atom is -0.309 e. The van der Waals surface area contributed by atoms with Crippen LogP contribution in [0.5, 0.6) is 0 Å². The van der Waals surface area contributed by atoms with Gasteiger partial charge in [0.2, 0.25) is 0 Å². The van der Waals surface area contributed by atoms with Crippen molar-refractivity contribution in [3.8, 4) is 44.8 Å². The molecule has 2 aliphatic rings. The van der Waals surface area contributed by atoms with Gasteiger partial charge in [0.25, 0.3) is 0 Å². The molecule has 0 saturated heterocycles. The van der Waals surface area contributed by atoms with Crippen LogP contribution in [0.3, 0.4) is 0 Å². The number of nitrogens with zero attached hydrogens (tertiary/aromatic N) is 2. The number of fused-ring (bicyclic) bond motifs is 14. The Morgan fingerprint density at radius 2 is 0.641 bits per heavy atom. The Labute approximate surface area is 372 Å². The highest BCUT2D eigenvalue weighted by Crippen LogP contribution is 2.52. The average Bonchev–Trinajstić information content (AvgIpc) is 3.98. The van der Waals surface area contributed by atoms with Gasteiger partial charge in [-0.1, -0.05) is 137 Å². The zero-order valence-electron chi connectivity index (χ0n) is 36.4. The molecule has 14 rings (SSSR count). The maximum atomic E-state index is 2.47. The first-order chi connectivity index (χ1) is 31.2. The van der Waals surface area contributed by atoms with Crippen LogP contribution in [0.4, 0.5) is 0 Å². The SMILES string of the molecule is CC1(C)c2ccc(-n3c4ccccc4c4cc(-c5ccc6c(c5)c5ccccc5n6-c5ccc6c(c5)-c5cc7ccccc7cc5C6(C)C)ccc43)cc2-c2cc3ccccc3cc21. The summed E-state index contributed by atoms with van der Waals surface area (Å²) in [5.74, 6) is 0. The molecule has 10 aromatic carbocycles. The van der Waals surface area contributed by atoms with Crippen LogP contribution in [-0.2, 0) is 10.8 Å². The van der Waals surface area contributed by atoms with Crippen molar-refractivity contribution in [2.45, 2.75) is 38.5 Å². The molecule has 2 nitrogen and oxygen atoms in total. The molecule has 0 aliphatic heterocycles. The monoisotopic (exact) mass is 816 g/mol. The van der Waals surface area contributed by atoms with Crippen molar-refractivity contribution in [1.29, 1.82) is 0 Å². The highest BCUT2D eigenvalue weighted by molar-refractivity contribution is 6.13. The van der Waals surface area contributed by atoms with Crippen LogP contribution in [-0.4, -0.2) is 9.13 Å². The largest absolute Gasteiger partial charge is 0.309 e. The van der Waals surface area contributed by atoms with E-state index in [1.165, 1.54) is 132 Å². The zero-order valence-corrected chi connectivity index (χ0v) is 36.4. The molecular formula is C62H44N2. The maximum Gasteiger partial charge on any atom is 0.0541 e. The van der Waals surface area contributed by atoms with Crippen molar-refractivity contribution in [2.75, 3.05) is 0 Å². The van der Waals surface area contributed by atoms with Crippen molar-refractivity contribution in [1.82, 2.24) is 9.13 Å². The highest BCUT2D eigenvalue weighted by atomic mass is 15.0. The van der Waals surface area contributed by atoms with Gasteiger partial charge >= 0.3 is 0 Å². The molecule has 64 heavy (non-hydrogen) atoms. The van der Waals surface area contributed by atoms with E-state index < -0.39 is 0 Å². The van der Waals surface area contributed by atoms with Gasteiger partial charge in [0.15, 0.2) is 0 Å². The van der Waals surface area contributed by atoms with Gasteiger partial charge in [0, 0.05) is 43.7 Å². The number of para-hydroxylation sites is 2. The third kappa shape index (κ3) is 4.75. The van der Waals surface area contributed by atoms with Gasteiger partial charge in [-0.05, 0) is 162 Å². The number of rotatable bonds is 3. The molecular weight excluding hydrogens is 773 g/mol. The Morgan fingerprint density at radius 1 is 0.281 bits per heavy atom. The quantitative estimate of drug-likeness (QED) is 0.168. The van der Waals surface area contributed by atoms with Gasteiger partial charge in [-0.25, -0.2) is 0 Å². The summed E-state index contributed by atoms with van der Waals surface area (Å²) >= 11 is 0. The van der Waals surface area contributed by atoms with Crippen LogP contribution >= 0.6 is 0 Å². The summed E-state index contributed by atoms with van der Waals surface area (Å²) in [6.45, 7) is 9.49. The van der Waals surface area contributed by atoms with Crippen molar-refractivity contribution >= 4 is 65.2 Å². The van der Waals surface area contributed by atoms with Gasteiger partial charge in [0.05, 0.1) is 22.1 Å². The van der Waals surface area contributed by atoms with E-state index in [-0.39, 0.29) is 10.8 Å². The lowest BCUT2D eigenvalue weighted by molar-refractivity contribution is 0.661. The summed E-state index contributed by atoms with van der Waals surface area (Å²) in [6, 6.07) is 73.4. The summed E-state index contributed by atoms with van der Waals surface area (Å²) in [6.07, 6.45) is 0. The zero-order chi connectivity index (χ0) is 42.6. The number of hydrogen-bond donors (Lipinski definition) is 0. The fraction of sp³-hybridized carbons (Fsp3) is 0.0968. The molecule has 0 radical (unpaired) electrons. The van der Waals surface area contributed by atoms with Gasteiger partial charge in [-0.15, -0.1) is 0 Å². The predicted molar refractivity (Wildman–Crippen MR) is 271 cm³/mol. The third-order valence-electron chi connectivity index (χ3n) is 15.2. The standard InChI is InChI=1S/C62H44N2/c1-61(2)53-25-23-43(35-49(53)47-29-37-13-5-7-15-39(37)33-55(47)61)63-57-19-11-9-17-45(57)51-31-41(21-27-59(51)63)42-22-28-60-52(32-42)46-18-10-12-20-58(46)64(60)44-24-26-54-50(36-44)48-30-38-14-6-8-16-40(38)34-56(48)62(54,3)4/h5-36H,1-4H3. The van der Waals surface area contributed by atoms with E-state index in [2.05, 4.69) is 231 Å². The second-order valence-electron chi connectivity index (χ2n) is 19.4. The average molecular weight is 817 g/mol. The summed E-state index contributed by atoms with van der Waals surface area (Å²) in [5.41, 5.74) is 20.5. The molecule has 0 saturated carbocycles. The molecule has 0 bridgehead atoms. The van der Waals surface area contributed by atoms with E-state index in [1.807, 2.05) is 0 Å². The number of hydrogen-bond acceptors (Lipinski definition) is 0. The molecule has 302 valence electrons. The Hall–Kier alpha value is -7.68. The van der Waals surface area contributed by atoms with Gasteiger partial charge in [0.1, 0.15) is 0 Å². The Balaban J connectivity index is 0.902. The molecule has 0 atom stereocenters. The van der Waals surface area contributed by atoms with Crippen LogP contribution in [0.1, 0.15) is 49.9 Å². The van der Waals surface area contributed by atoms with Crippen molar-refractivity contribution < 1.29 is 0 Å². The molecule has 2 aromatic heterocycles. The maximum absolute atomic E-state index is 2.47. The fourth-order valence-corrected chi connectivity index (χ4v) is 12.0. The highest BCUT2D eigenvalue weighted by Gasteiger charge is 2.37. The topological polar surface area (TPSA) is 9.86 Å². The van der Waals surface area contributed by atoms with Crippen LogP contribution in [0.2, 0.25) is 0 Å². The summed E-state index contributed by atoms with van der Waals surface area (Å²) in [4.78, 5) is 0. The van der Waals surface area contributed by atoms with E-state index in [4.69, 9.17) is 0 Å². The molecule has 2 heterocycles. The summed E-state index contributed by atoms with van der Waals surface area (Å²) < 4.78 is 4.94. The lowest BCUT2D eigenvalue weighted by Gasteiger charge is -2.22. The Morgan fingerprint density at radius 3 is 1.08 bits per heavy atom. The van der Waals surface area contributed by atoms with Crippen molar-refractivity contribution in [2.24, 2.45) is 0 Å². The van der Waals surface area contributed by atoms with E-state index in [0.29, 0.717) is 0 Å². The van der Waals surface area contributed by atoms with Crippen molar-refractivity contribution in [3.05, 3.63) is 216 Å². The predicted octanol–water partition coefficient (Wildman–Crippen LogP) is 16.5. The second-order valence-corrected chi connectivity index (χ2v) is 19.4. The molecule has 2 aliphatic carbocycles. The fourth-order valence-electron chi connectivity index (χ4n) is 12.0. The van der Waals surface area contributed by atoms with E-state index >= 15 is 0 Å². The Kier molecular flexibility index (Phi) is 7.00. The Bertz CT molecular complexity index is 3750. The molecule has 0 N–H and O–H groups in total. The first-order valence-electron chi connectivity index (χ1n) is 22.7. The third-order valence-corrected chi connectivity index (χ3v) is 15.2. The first kappa shape index (κ1) is 35.9. The lowest BCUT2D eigenvalue weighted by Crippen LogP contribution is -2.15. The molecule has 0 fully saturated rings. The van der Waals surface area contributed by atoms with E-state index in [0.717, 1.165) is 0 Å². The minimum absolute atomic E-state index is 0.0728. The number of benzene rings is 10. The normalized spacial score (nSPS) is 14.5. The van der Waals surface area contributed by atoms with Crippen molar-refractivity contribution in [3.63, 3.8) is 0 Å². The van der Waals surface area contributed by atoms with Crippen LogP contribution in [0, 0.1) is 0 Å². The molecule has 0 spiro atoms. The van der Waals surface area contributed by atoms with Gasteiger partial charge < -0.3 is 9.13 Å². The second kappa shape index (κ2) is 12.5. The van der Waals surface area contributed by atoms with Gasteiger partial charge in [-0.3, -0.25) is 0 Å². The summed E-state index contributed by atoms with van der Waals surface area (Å²) in [7, 11) is 0.